The fraction of sp³-hybridized carbons (Fsp3) is 0.182. The molecule has 0 radical (unpaired) electrons. The molecule has 1 aromatic heterocycles. The highest BCUT2D eigenvalue weighted by Gasteiger charge is 1.99. The molecule has 0 aliphatic heterocycles. The summed E-state index contributed by atoms with van der Waals surface area (Å²) in [5.74, 6) is 0.724. The molecule has 1 heterocycles. The van der Waals surface area contributed by atoms with E-state index in [1.165, 1.54) is 6.07 Å². The summed E-state index contributed by atoms with van der Waals surface area (Å²) in [6.07, 6.45) is 0. The van der Waals surface area contributed by atoms with Crippen molar-refractivity contribution in [2.75, 3.05) is 13.2 Å². The zero-order chi connectivity index (χ0) is 10.7. The molecule has 2 N–H and O–H groups in total. The second kappa shape index (κ2) is 4.14. The Morgan fingerprint density at radius 3 is 2.93 bits per heavy atom. The van der Waals surface area contributed by atoms with Gasteiger partial charge in [-0.3, -0.25) is 0 Å². The molecule has 2 rings (SSSR count). The topological polar surface area (TPSA) is 65.5 Å². The molecule has 0 fully saturated rings. The molecule has 0 amide bonds. The van der Waals surface area contributed by atoms with Crippen LogP contribution in [0.15, 0.2) is 39.5 Å². The third-order valence-electron chi connectivity index (χ3n) is 1.98. The zero-order valence-corrected chi connectivity index (χ0v) is 8.10. The molecule has 0 spiro atoms. The van der Waals surface area contributed by atoms with E-state index in [-0.39, 0.29) is 5.63 Å². The van der Waals surface area contributed by atoms with Crippen molar-refractivity contribution >= 4 is 11.0 Å². The van der Waals surface area contributed by atoms with E-state index in [0.717, 1.165) is 11.1 Å². The number of ether oxygens (including phenoxy) is 1. The predicted octanol–water partition coefficient (Wildman–Crippen LogP) is 1.13. The minimum atomic E-state index is -0.349. The Kier molecular flexibility index (Phi) is 2.69. The van der Waals surface area contributed by atoms with E-state index in [9.17, 15) is 4.79 Å². The summed E-state index contributed by atoms with van der Waals surface area (Å²) >= 11 is 0. The lowest BCUT2D eigenvalue weighted by molar-refractivity contribution is 0.328. The van der Waals surface area contributed by atoms with Crippen LogP contribution in [0.25, 0.3) is 11.0 Å². The SMILES string of the molecule is NCCOc1ccc2oc(=O)ccc2c1. The molecule has 0 bridgehead atoms. The maximum atomic E-state index is 10.9. The number of fused-ring (bicyclic) bond motifs is 1. The predicted molar refractivity (Wildman–Crippen MR) is 57.0 cm³/mol. The maximum Gasteiger partial charge on any atom is 0.336 e. The van der Waals surface area contributed by atoms with Crippen LogP contribution in [0.3, 0.4) is 0 Å². The van der Waals surface area contributed by atoms with E-state index < -0.39 is 0 Å². The van der Waals surface area contributed by atoms with Gasteiger partial charge in [0, 0.05) is 18.0 Å². The molecule has 0 unspecified atom stereocenters. The van der Waals surface area contributed by atoms with Crippen molar-refractivity contribution in [3.8, 4) is 5.75 Å². The highest BCUT2D eigenvalue weighted by molar-refractivity contribution is 5.77. The number of hydrogen-bond acceptors (Lipinski definition) is 4. The van der Waals surface area contributed by atoms with Crippen LogP contribution in [0, 0.1) is 0 Å². The molecular formula is C11H11NO3. The van der Waals surface area contributed by atoms with E-state index in [2.05, 4.69) is 0 Å². The van der Waals surface area contributed by atoms with Crippen LogP contribution in [-0.4, -0.2) is 13.2 Å². The second-order valence-electron chi connectivity index (χ2n) is 3.09. The molecule has 0 saturated carbocycles. The van der Waals surface area contributed by atoms with Crippen molar-refractivity contribution in [1.29, 1.82) is 0 Å². The number of hydrogen-bond donors (Lipinski definition) is 1. The van der Waals surface area contributed by atoms with E-state index in [4.69, 9.17) is 14.9 Å². The summed E-state index contributed by atoms with van der Waals surface area (Å²) < 4.78 is 10.3. The van der Waals surface area contributed by atoms with Crippen LogP contribution >= 0.6 is 0 Å². The van der Waals surface area contributed by atoms with Crippen LogP contribution in [0.4, 0.5) is 0 Å². The van der Waals surface area contributed by atoms with Crippen LogP contribution in [0.5, 0.6) is 5.75 Å². The Morgan fingerprint density at radius 2 is 2.13 bits per heavy atom. The van der Waals surface area contributed by atoms with Gasteiger partial charge in [-0.15, -0.1) is 0 Å². The first kappa shape index (κ1) is 9.73. The molecule has 4 nitrogen and oxygen atoms in total. The Hall–Kier alpha value is -1.81. The molecular weight excluding hydrogens is 194 g/mol. The van der Waals surface area contributed by atoms with Gasteiger partial charge < -0.3 is 14.9 Å². The van der Waals surface area contributed by atoms with Gasteiger partial charge >= 0.3 is 5.63 Å². The fourth-order valence-corrected chi connectivity index (χ4v) is 1.32. The van der Waals surface area contributed by atoms with Gasteiger partial charge in [0.05, 0.1) is 0 Å². The van der Waals surface area contributed by atoms with Crippen molar-refractivity contribution in [3.05, 3.63) is 40.8 Å². The third kappa shape index (κ3) is 2.16. The lowest BCUT2D eigenvalue weighted by Crippen LogP contribution is -2.10. The van der Waals surface area contributed by atoms with E-state index in [1.807, 2.05) is 6.07 Å². The van der Waals surface area contributed by atoms with Crippen LogP contribution in [-0.2, 0) is 0 Å². The van der Waals surface area contributed by atoms with Gasteiger partial charge in [0.2, 0.25) is 0 Å². The summed E-state index contributed by atoms with van der Waals surface area (Å²) in [6, 6.07) is 8.36. The minimum absolute atomic E-state index is 0.349. The fourth-order valence-electron chi connectivity index (χ4n) is 1.32. The van der Waals surface area contributed by atoms with Crippen molar-refractivity contribution in [2.24, 2.45) is 5.73 Å². The Labute approximate surface area is 86.3 Å². The van der Waals surface area contributed by atoms with Gasteiger partial charge in [-0.05, 0) is 24.3 Å². The van der Waals surface area contributed by atoms with Gasteiger partial charge in [0.15, 0.2) is 0 Å². The molecule has 4 heteroatoms. The molecule has 78 valence electrons. The van der Waals surface area contributed by atoms with Crippen molar-refractivity contribution in [1.82, 2.24) is 0 Å². The first-order chi connectivity index (χ1) is 7.29. The molecule has 15 heavy (non-hydrogen) atoms. The van der Waals surface area contributed by atoms with Gasteiger partial charge in [-0.25, -0.2) is 4.79 Å². The highest BCUT2D eigenvalue weighted by Crippen LogP contribution is 2.19. The first-order valence-electron chi connectivity index (χ1n) is 4.66. The molecule has 0 atom stereocenters. The molecule has 0 saturated heterocycles. The lowest BCUT2D eigenvalue weighted by Gasteiger charge is -2.04. The van der Waals surface area contributed by atoms with Gasteiger partial charge in [0.25, 0.3) is 0 Å². The van der Waals surface area contributed by atoms with Gasteiger partial charge in [-0.2, -0.15) is 0 Å². The third-order valence-corrected chi connectivity index (χ3v) is 1.98. The van der Waals surface area contributed by atoms with Crippen LogP contribution < -0.4 is 16.1 Å². The van der Waals surface area contributed by atoms with Gasteiger partial charge in [-0.1, -0.05) is 0 Å². The summed E-state index contributed by atoms with van der Waals surface area (Å²) in [7, 11) is 0. The summed E-state index contributed by atoms with van der Waals surface area (Å²) in [5, 5.41) is 0.837. The van der Waals surface area contributed by atoms with Crippen LogP contribution in [0.2, 0.25) is 0 Å². The average molecular weight is 205 g/mol. The van der Waals surface area contributed by atoms with E-state index in [0.29, 0.717) is 18.7 Å². The normalized spacial score (nSPS) is 10.5. The Bertz CT molecular complexity index is 518. The summed E-state index contributed by atoms with van der Waals surface area (Å²) in [6.45, 7) is 0.949. The second-order valence-corrected chi connectivity index (χ2v) is 3.09. The number of rotatable bonds is 3. The lowest BCUT2D eigenvalue weighted by atomic mass is 10.2. The van der Waals surface area contributed by atoms with Crippen LogP contribution in [0.1, 0.15) is 0 Å². The van der Waals surface area contributed by atoms with Crippen molar-refractivity contribution in [3.63, 3.8) is 0 Å². The zero-order valence-electron chi connectivity index (χ0n) is 8.10. The van der Waals surface area contributed by atoms with E-state index >= 15 is 0 Å². The smallest absolute Gasteiger partial charge is 0.336 e. The van der Waals surface area contributed by atoms with Crippen molar-refractivity contribution < 1.29 is 9.15 Å². The van der Waals surface area contributed by atoms with Crippen molar-refractivity contribution in [2.45, 2.75) is 0 Å². The van der Waals surface area contributed by atoms with E-state index in [1.54, 1.807) is 18.2 Å². The summed E-state index contributed by atoms with van der Waals surface area (Å²) in [4.78, 5) is 10.9. The quantitative estimate of drug-likeness (QED) is 0.763. The maximum absolute atomic E-state index is 10.9. The highest BCUT2D eigenvalue weighted by atomic mass is 16.5. The molecule has 1 aromatic carbocycles. The molecule has 2 aromatic rings. The first-order valence-corrected chi connectivity index (χ1v) is 4.66. The Balaban J connectivity index is 2.39. The average Bonchev–Trinajstić information content (AvgIpc) is 2.26. The Morgan fingerprint density at radius 1 is 1.27 bits per heavy atom. The minimum Gasteiger partial charge on any atom is -0.492 e. The van der Waals surface area contributed by atoms with Gasteiger partial charge in [0.1, 0.15) is 17.9 Å². The summed E-state index contributed by atoms with van der Waals surface area (Å²) in [5.41, 5.74) is 5.53. The molecule has 0 aliphatic carbocycles. The largest absolute Gasteiger partial charge is 0.492 e. The number of nitrogens with two attached hydrogens (primary N) is 1. The standard InChI is InChI=1S/C11H11NO3/c12-5-6-14-9-2-3-10-8(7-9)1-4-11(13)15-10/h1-4,7H,5-6,12H2. The monoisotopic (exact) mass is 205 g/mol. The molecule has 0 aliphatic rings. The number of benzene rings is 1.